The fraction of sp³-hybridized carbons (Fsp3) is 0.105. The van der Waals surface area contributed by atoms with Crippen molar-refractivity contribution in [2.45, 2.75) is 13.2 Å². The van der Waals surface area contributed by atoms with Crippen molar-refractivity contribution in [2.75, 3.05) is 5.32 Å². The van der Waals surface area contributed by atoms with E-state index in [-0.39, 0.29) is 16.3 Å². The zero-order chi connectivity index (χ0) is 19.6. The van der Waals surface area contributed by atoms with E-state index in [1.54, 1.807) is 37.3 Å². The van der Waals surface area contributed by atoms with Crippen LogP contribution < -0.4 is 5.32 Å². The molecule has 7 nitrogen and oxygen atoms in total. The molecule has 138 valence electrons. The summed E-state index contributed by atoms with van der Waals surface area (Å²) < 4.78 is 10.3. The van der Waals surface area contributed by atoms with Crippen LogP contribution in [0, 0.1) is 6.92 Å². The van der Waals surface area contributed by atoms with Gasteiger partial charge in [0, 0.05) is 5.69 Å². The number of aromatic carboxylic acids is 1. The van der Waals surface area contributed by atoms with Gasteiger partial charge in [-0.25, -0.2) is 14.4 Å². The molecule has 2 N–H and O–H groups in total. The lowest BCUT2D eigenvalue weighted by Crippen LogP contribution is -2.24. The van der Waals surface area contributed by atoms with E-state index >= 15 is 0 Å². The summed E-state index contributed by atoms with van der Waals surface area (Å²) >= 11 is 5.97. The molecule has 2 aromatic rings. The van der Waals surface area contributed by atoms with E-state index in [2.05, 4.69) is 5.32 Å². The molecule has 8 heteroatoms. The number of halogens is 1. The van der Waals surface area contributed by atoms with Crippen molar-refractivity contribution < 1.29 is 29.0 Å². The molecule has 0 amide bonds. The molecule has 0 saturated heterocycles. The van der Waals surface area contributed by atoms with E-state index in [1.807, 2.05) is 0 Å². The van der Waals surface area contributed by atoms with E-state index in [4.69, 9.17) is 26.2 Å². The van der Waals surface area contributed by atoms with Gasteiger partial charge in [0.25, 0.3) is 6.29 Å². The van der Waals surface area contributed by atoms with E-state index in [0.717, 1.165) is 0 Å². The number of hydrogen-bond donors (Lipinski definition) is 2. The maximum Gasteiger partial charge on any atom is 0.355 e. The monoisotopic (exact) mass is 387 g/mol. The first kappa shape index (κ1) is 18.5. The van der Waals surface area contributed by atoms with Gasteiger partial charge in [-0.3, -0.25) is 0 Å². The van der Waals surface area contributed by atoms with Crippen molar-refractivity contribution in [3.05, 3.63) is 76.0 Å². The fourth-order valence-electron chi connectivity index (χ4n) is 2.47. The second-order valence-electron chi connectivity index (χ2n) is 5.70. The van der Waals surface area contributed by atoms with Crippen molar-refractivity contribution in [1.82, 2.24) is 0 Å². The highest BCUT2D eigenvalue weighted by molar-refractivity contribution is 6.42. The minimum Gasteiger partial charge on any atom is -0.478 e. The van der Waals surface area contributed by atoms with Gasteiger partial charge in [-0.2, -0.15) is 0 Å². The van der Waals surface area contributed by atoms with Crippen LogP contribution in [0.3, 0.4) is 0 Å². The molecule has 1 aliphatic heterocycles. The van der Waals surface area contributed by atoms with E-state index in [1.165, 1.54) is 18.2 Å². The van der Waals surface area contributed by atoms with Crippen LogP contribution >= 0.6 is 11.6 Å². The Morgan fingerprint density at radius 2 is 1.93 bits per heavy atom. The molecule has 0 spiro atoms. The number of benzene rings is 2. The molecule has 1 unspecified atom stereocenters. The van der Waals surface area contributed by atoms with Crippen LogP contribution in [0.25, 0.3) is 0 Å². The van der Waals surface area contributed by atoms with Gasteiger partial charge in [-0.15, -0.1) is 0 Å². The minimum atomic E-state index is -1.37. The first-order chi connectivity index (χ1) is 12.9. The van der Waals surface area contributed by atoms with Gasteiger partial charge < -0.3 is 19.9 Å². The predicted molar refractivity (Wildman–Crippen MR) is 96.4 cm³/mol. The lowest BCUT2D eigenvalue weighted by molar-refractivity contribution is -0.152. The van der Waals surface area contributed by atoms with Gasteiger partial charge in [-0.05, 0) is 36.8 Å². The largest absolute Gasteiger partial charge is 0.478 e. The third-order valence-electron chi connectivity index (χ3n) is 3.83. The van der Waals surface area contributed by atoms with Gasteiger partial charge in [-0.1, -0.05) is 35.9 Å². The number of cyclic esters (lactones) is 1. The Balaban J connectivity index is 1.83. The number of anilines is 1. The summed E-state index contributed by atoms with van der Waals surface area (Å²) in [7, 11) is 0. The molecule has 0 aliphatic carbocycles. The Kier molecular flexibility index (Phi) is 5.14. The number of esters is 2. The molecule has 1 aliphatic rings. The number of aryl methyl sites for hydroxylation is 1. The van der Waals surface area contributed by atoms with Crippen molar-refractivity contribution in [1.29, 1.82) is 0 Å². The Bertz CT molecular complexity index is 968. The van der Waals surface area contributed by atoms with Gasteiger partial charge >= 0.3 is 17.9 Å². The van der Waals surface area contributed by atoms with Crippen LogP contribution in [0.1, 0.15) is 26.3 Å². The van der Waals surface area contributed by atoms with Gasteiger partial charge in [0.2, 0.25) is 0 Å². The summed E-state index contributed by atoms with van der Waals surface area (Å²) in [6, 6.07) is 12.7. The molecule has 0 radical (unpaired) electrons. The summed E-state index contributed by atoms with van der Waals surface area (Å²) in [4.78, 5) is 35.3. The molecule has 1 heterocycles. The number of carbonyl (C=O) groups is 3. The summed E-state index contributed by atoms with van der Waals surface area (Å²) in [5.41, 5.74) is 1.43. The Labute approximate surface area is 159 Å². The molecule has 2 aromatic carbocycles. The fourth-order valence-corrected chi connectivity index (χ4v) is 2.65. The zero-order valence-electron chi connectivity index (χ0n) is 14.1. The highest BCUT2D eigenvalue weighted by Gasteiger charge is 2.37. The predicted octanol–water partition coefficient (Wildman–Crippen LogP) is 3.30. The smallest absolute Gasteiger partial charge is 0.355 e. The number of hydrogen-bond acceptors (Lipinski definition) is 6. The molecule has 0 aromatic heterocycles. The summed E-state index contributed by atoms with van der Waals surface area (Å²) in [6.07, 6.45) is -1.37. The number of rotatable bonds is 5. The molecule has 3 rings (SSSR count). The van der Waals surface area contributed by atoms with Crippen LogP contribution in [-0.2, 0) is 14.3 Å². The molecule has 0 bridgehead atoms. The lowest BCUT2D eigenvalue weighted by atomic mass is 10.1. The number of carbonyl (C=O) groups excluding carboxylic acids is 2. The second-order valence-corrected chi connectivity index (χ2v) is 6.07. The van der Waals surface area contributed by atoms with Gasteiger partial charge in [0.05, 0.1) is 11.1 Å². The Morgan fingerprint density at radius 1 is 1.19 bits per heavy atom. The summed E-state index contributed by atoms with van der Waals surface area (Å²) in [5.74, 6) is -2.65. The van der Waals surface area contributed by atoms with Crippen LogP contribution in [0.5, 0.6) is 0 Å². The Hall–Kier alpha value is -3.32. The van der Waals surface area contributed by atoms with Crippen LogP contribution in [0.2, 0.25) is 0 Å². The van der Waals surface area contributed by atoms with Crippen molar-refractivity contribution in [3.63, 3.8) is 0 Å². The minimum absolute atomic E-state index is 0.0196. The third-order valence-corrected chi connectivity index (χ3v) is 4.19. The van der Waals surface area contributed by atoms with Crippen LogP contribution in [0.4, 0.5) is 5.69 Å². The van der Waals surface area contributed by atoms with Crippen LogP contribution in [-0.4, -0.2) is 29.3 Å². The van der Waals surface area contributed by atoms with Crippen molar-refractivity contribution in [2.24, 2.45) is 0 Å². The average Bonchev–Trinajstić information content (AvgIpc) is 2.89. The standard InChI is InChI=1S/C19H14ClNO6/c1-10-5-2-3-8-13(10)17(24)26-19-15(14(20)18(25)27-19)21-12-7-4-6-11(9-12)16(22)23/h2-9,19,21H,1H3,(H,22,23). The molecule has 27 heavy (non-hydrogen) atoms. The van der Waals surface area contributed by atoms with Crippen molar-refractivity contribution in [3.8, 4) is 0 Å². The number of ether oxygens (including phenoxy) is 2. The average molecular weight is 388 g/mol. The maximum atomic E-state index is 12.4. The zero-order valence-corrected chi connectivity index (χ0v) is 14.8. The highest BCUT2D eigenvalue weighted by Crippen LogP contribution is 2.29. The quantitative estimate of drug-likeness (QED) is 0.759. The SMILES string of the molecule is Cc1ccccc1C(=O)OC1OC(=O)C(Cl)=C1Nc1cccc(C(=O)O)c1. The first-order valence-electron chi connectivity index (χ1n) is 7.84. The van der Waals surface area contributed by atoms with E-state index in [0.29, 0.717) is 16.8 Å². The topological polar surface area (TPSA) is 102 Å². The van der Waals surface area contributed by atoms with Crippen molar-refractivity contribution >= 4 is 35.2 Å². The van der Waals surface area contributed by atoms with Crippen LogP contribution in [0.15, 0.2) is 59.3 Å². The summed E-state index contributed by atoms with van der Waals surface area (Å²) in [5, 5.41) is 11.6. The van der Waals surface area contributed by atoms with Gasteiger partial charge in [0.1, 0.15) is 5.70 Å². The second kappa shape index (κ2) is 7.51. The Morgan fingerprint density at radius 3 is 2.63 bits per heavy atom. The molecule has 0 fully saturated rings. The molecule has 1 atom stereocenters. The third kappa shape index (κ3) is 3.93. The lowest BCUT2D eigenvalue weighted by Gasteiger charge is -2.17. The van der Waals surface area contributed by atoms with E-state index in [9.17, 15) is 14.4 Å². The number of carboxylic acid groups (broad SMARTS) is 1. The summed E-state index contributed by atoms with van der Waals surface area (Å²) in [6.45, 7) is 1.75. The number of nitrogens with one attached hydrogen (secondary N) is 1. The first-order valence-corrected chi connectivity index (χ1v) is 8.22. The van der Waals surface area contributed by atoms with Gasteiger partial charge in [0.15, 0.2) is 5.03 Å². The highest BCUT2D eigenvalue weighted by atomic mass is 35.5. The normalized spacial score (nSPS) is 16.1. The number of carboxylic acids is 1. The van der Waals surface area contributed by atoms with E-state index < -0.39 is 24.2 Å². The molecule has 0 saturated carbocycles. The molecular weight excluding hydrogens is 374 g/mol. The molecular formula is C19H14ClNO6. The maximum absolute atomic E-state index is 12.4.